The highest BCUT2D eigenvalue weighted by Gasteiger charge is 2.03. The van der Waals surface area contributed by atoms with Crippen molar-refractivity contribution in [3.63, 3.8) is 0 Å². The number of rotatable bonds is 3. The van der Waals surface area contributed by atoms with E-state index in [4.69, 9.17) is 22.1 Å². The van der Waals surface area contributed by atoms with Crippen molar-refractivity contribution in [3.05, 3.63) is 57.5 Å². The van der Waals surface area contributed by atoms with Crippen molar-refractivity contribution in [1.29, 1.82) is 0 Å². The molecule has 0 spiro atoms. The Morgan fingerprint density at radius 2 is 1.94 bits per heavy atom. The van der Waals surface area contributed by atoms with E-state index < -0.39 is 0 Å². The molecule has 0 aliphatic carbocycles. The van der Waals surface area contributed by atoms with Crippen LogP contribution in [-0.2, 0) is 6.61 Å². The maximum absolute atomic E-state index is 6.06. The summed E-state index contributed by atoms with van der Waals surface area (Å²) in [5.74, 6) is 0.792. The molecule has 0 saturated heterocycles. The van der Waals surface area contributed by atoms with Gasteiger partial charge in [-0.05, 0) is 40.2 Å². The number of nitrogen functional groups attached to an aromatic ring is 1. The summed E-state index contributed by atoms with van der Waals surface area (Å²) in [4.78, 5) is 0. The van der Waals surface area contributed by atoms with Crippen LogP contribution in [0.15, 0.2) is 46.9 Å². The van der Waals surface area contributed by atoms with E-state index >= 15 is 0 Å². The molecule has 0 aliphatic heterocycles. The molecule has 2 N–H and O–H groups in total. The molecule has 88 valence electrons. The van der Waals surface area contributed by atoms with Crippen molar-refractivity contribution in [1.82, 2.24) is 0 Å². The van der Waals surface area contributed by atoms with E-state index in [1.54, 1.807) is 6.07 Å². The fourth-order valence-corrected chi connectivity index (χ4v) is 2.04. The summed E-state index contributed by atoms with van der Waals surface area (Å²) in [6.45, 7) is 0.418. The van der Waals surface area contributed by atoms with Crippen LogP contribution in [-0.4, -0.2) is 0 Å². The lowest BCUT2D eigenvalue weighted by molar-refractivity contribution is 0.304. The second-order valence-corrected chi connectivity index (χ2v) is 4.83. The minimum Gasteiger partial charge on any atom is -0.488 e. The normalized spacial score (nSPS) is 10.2. The fourth-order valence-electron chi connectivity index (χ4n) is 1.40. The number of hydrogen-bond acceptors (Lipinski definition) is 2. The van der Waals surface area contributed by atoms with Crippen molar-refractivity contribution in [2.45, 2.75) is 6.61 Å². The third kappa shape index (κ3) is 3.14. The zero-order chi connectivity index (χ0) is 12.3. The first-order valence-corrected chi connectivity index (χ1v) is 6.25. The van der Waals surface area contributed by atoms with Gasteiger partial charge < -0.3 is 10.5 Å². The molecule has 0 saturated carbocycles. The van der Waals surface area contributed by atoms with Crippen LogP contribution < -0.4 is 10.5 Å². The Kier molecular flexibility index (Phi) is 3.92. The Morgan fingerprint density at radius 1 is 1.18 bits per heavy atom. The van der Waals surface area contributed by atoms with Crippen LogP contribution in [0.5, 0.6) is 5.75 Å². The maximum Gasteiger partial charge on any atom is 0.133 e. The van der Waals surface area contributed by atoms with Crippen molar-refractivity contribution < 1.29 is 4.74 Å². The van der Waals surface area contributed by atoms with Crippen LogP contribution in [0.3, 0.4) is 0 Å². The molecular formula is C13H11BrClNO. The van der Waals surface area contributed by atoms with Crippen LogP contribution >= 0.6 is 27.5 Å². The molecule has 4 heteroatoms. The summed E-state index contributed by atoms with van der Waals surface area (Å²) in [7, 11) is 0. The summed E-state index contributed by atoms with van der Waals surface area (Å²) in [6.07, 6.45) is 0. The largest absolute Gasteiger partial charge is 0.488 e. The lowest BCUT2D eigenvalue weighted by atomic mass is 10.2. The Bertz CT molecular complexity index is 531. The van der Waals surface area contributed by atoms with Crippen LogP contribution in [0.4, 0.5) is 5.69 Å². The predicted octanol–water partition coefficient (Wildman–Crippen LogP) is 4.26. The van der Waals surface area contributed by atoms with Gasteiger partial charge in [0, 0.05) is 16.3 Å². The number of nitrogens with two attached hydrogens (primary N) is 1. The van der Waals surface area contributed by atoms with Gasteiger partial charge in [0.15, 0.2) is 0 Å². The highest BCUT2D eigenvalue weighted by molar-refractivity contribution is 9.10. The van der Waals surface area contributed by atoms with E-state index in [-0.39, 0.29) is 0 Å². The van der Waals surface area contributed by atoms with E-state index in [0.717, 1.165) is 15.8 Å². The van der Waals surface area contributed by atoms with Gasteiger partial charge in [-0.3, -0.25) is 0 Å². The van der Waals surface area contributed by atoms with Crippen molar-refractivity contribution in [2.75, 3.05) is 5.73 Å². The van der Waals surface area contributed by atoms with Crippen molar-refractivity contribution in [3.8, 4) is 5.75 Å². The zero-order valence-corrected chi connectivity index (χ0v) is 11.3. The van der Waals surface area contributed by atoms with Gasteiger partial charge >= 0.3 is 0 Å². The predicted molar refractivity (Wildman–Crippen MR) is 74.3 cm³/mol. The second kappa shape index (κ2) is 5.43. The molecule has 17 heavy (non-hydrogen) atoms. The molecule has 0 aliphatic rings. The molecule has 0 amide bonds. The molecule has 0 unspecified atom stereocenters. The van der Waals surface area contributed by atoms with E-state index in [0.29, 0.717) is 17.3 Å². The zero-order valence-electron chi connectivity index (χ0n) is 8.99. The molecule has 0 fully saturated rings. The summed E-state index contributed by atoms with van der Waals surface area (Å²) < 4.78 is 6.59. The van der Waals surface area contributed by atoms with Gasteiger partial charge in [-0.2, -0.15) is 0 Å². The maximum atomic E-state index is 6.06. The number of para-hydroxylation sites is 1. The second-order valence-electron chi connectivity index (χ2n) is 3.57. The third-order valence-electron chi connectivity index (χ3n) is 2.30. The SMILES string of the molecule is Nc1ccc(COc2ccccc2Br)c(Cl)c1. The van der Waals surface area contributed by atoms with Gasteiger partial charge in [-0.1, -0.05) is 29.8 Å². The monoisotopic (exact) mass is 311 g/mol. The molecule has 0 bridgehead atoms. The number of halogens is 2. The van der Waals surface area contributed by atoms with E-state index in [1.807, 2.05) is 36.4 Å². The first kappa shape index (κ1) is 12.3. The van der Waals surface area contributed by atoms with Crippen LogP contribution in [0, 0.1) is 0 Å². The van der Waals surface area contributed by atoms with Gasteiger partial charge in [0.05, 0.1) is 4.47 Å². The number of hydrogen-bond donors (Lipinski definition) is 1. The minimum atomic E-state index is 0.418. The average Bonchev–Trinajstić information content (AvgIpc) is 2.30. The molecular weight excluding hydrogens is 302 g/mol. The summed E-state index contributed by atoms with van der Waals surface area (Å²) >= 11 is 9.49. The third-order valence-corrected chi connectivity index (χ3v) is 3.30. The molecule has 0 aromatic heterocycles. The molecule has 0 atom stereocenters. The smallest absolute Gasteiger partial charge is 0.133 e. The Labute approximate surface area is 113 Å². The Balaban J connectivity index is 2.10. The van der Waals surface area contributed by atoms with Gasteiger partial charge in [0.2, 0.25) is 0 Å². The standard InChI is InChI=1S/C13H11BrClNO/c14-11-3-1-2-4-13(11)17-8-9-5-6-10(16)7-12(9)15/h1-7H,8,16H2. The van der Waals surface area contributed by atoms with E-state index in [9.17, 15) is 0 Å². The van der Waals surface area contributed by atoms with Crippen molar-refractivity contribution in [2.24, 2.45) is 0 Å². The molecule has 2 rings (SSSR count). The van der Waals surface area contributed by atoms with Gasteiger partial charge in [-0.15, -0.1) is 0 Å². The minimum absolute atomic E-state index is 0.418. The molecule has 2 aromatic rings. The van der Waals surface area contributed by atoms with Crippen LogP contribution in [0.25, 0.3) is 0 Å². The summed E-state index contributed by atoms with van der Waals surface area (Å²) in [5, 5.41) is 0.622. The number of benzene rings is 2. The fraction of sp³-hybridized carbons (Fsp3) is 0.0769. The molecule has 0 heterocycles. The first-order chi connectivity index (χ1) is 8.16. The topological polar surface area (TPSA) is 35.2 Å². The van der Waals surface area contributed by atoms with E-state index in [2.05, 4.69) is 15.9 Å². The quantitative estimate of drug-likeness (QED) is 0.859. The Hall–Kier alpha value is -1.19. The molecule has 2 aromatic carbocycles. The lowest BCUT2D eigenvalue weighted by Gasteiger charge is -2.09. The van der Waals surface area contributed by atoms with E-state index in [1.165, 1.54) is 0 Å². The summed E-state index contributed by atoms with van der Waals surface area (Å²) in [5.41, 5.74) is 7.19. The van der Waals surface area contributed by atoms with Crippen molar-refractivity contribution >= 4 is 33.2 Å². The van der Waals surface area contributed by atoms with Gasteiger partial charge in [0.1, 0.15) is 12.4 Å². The van der Waals surface area contributed by atoms with Crippen LogP contribution in [0.2, 0.25) is 5.02 Å². The Morgan fingerprint density at radius 3 is 2.65 bits per heavy atom. The van der Waals surface area contributed by atoms with Gasteiger partial charge in [0.25, 0.3) is 0 Å². The average molecular weight is 313 g/mol. The number of anilines is 1. The first-order valence-electron chi connectivity index (χ1n) is 5.08. The highest BCUT2D eigenvalue weighted by atomic mass is 79.9. The van der Waals surface area contributed by atoms with Crippen LogP contribution in [0.1, 0.15) is 5.56 Å². The lowest BCUT2D eigenvalue weighted by Crippen LogP contribution is -1.97. The molecule has 2 nitrogen and oxygen atoms in total. The summed E-state index contributed by atoms with van der Waals surface area (Å²) in [6, 6.07) is 13.1. The molecule has 0 radical (unpaired) electrons. The van der Waals surface area contributed by atoms with Gasteiger partial charge in [-0.25, -0.2) is 0 Å². The number of ether oxygens (including phenoxy) is 1. The highest BCUT2D eigenvalue weighted by Crippen LogP contribution is 2.26.